The van der Waals surface area contributed by atoms with Crippen LogP contribution in [0.5, 0.6) is 0 Å². The smallest absolute Gasteiger partial charge is 0.0467 e. The van der Waals surface area contributed by atoms with E-state index in [9.17, 15) is 0 Å². The fraction of sp³-hybridized carbons (Fsp3) is 1.00. The average molecular weight is 225 g/mol. The second kappa shape index (κ2) is 4.63. The quantitative estimate of drug-likeness (QED) is 0.761. The summed E-state index contributed by atoms with van der Waals surface area (Å²) in [4.78, 5) is 5.17. The zero-order valence-corrected chi connectivity index (χ0v) is 11.1. The molecule has 16 heavy (non-hydrogen) atoms. The zero-order chi connectivity index (χ0) is 11.8. The number of hydrogen-bond donors (Lipinski definition) is 1. The highest BCUT2D eigenvalue weighted by molar-refractivity contribution is 5.02. The second-order valence-electron chi connectivity index (χ2n) is 6.15. The van der Waals surface area contributed by atoms with Gasteiger partial charge in [-0.15, -0.1) is 0 Å². The summed E-state index contributed by atoms with van der Waals surface area (Å²) in [5, 5.41) is 0. The summed E-state index contributed by atoms with van der Waals surface area (Å²) in [6.45, 7) is 8.99. The first-order valence-electron chi connectivity index (χ1n) is 6.73. The molecule has 0 bridgehead atoms. The van der Waals surface area contributed by atoms with E-state index in [1.54, 1.807) is 0 Å². The Labute approximate surface area is 100.0 Å². The Morgan fingerprint density at radius 3 is 2.62 bits per heavy atom. The zero-order valence-electron chi connectivity index (χ0n) is 11.1. The highest BCUT2D eigenvalue weighted by atomic mass is 15.3. The van der Waals surface area contributed by atoms with Crippen molar-refractivity contribution in [3.8, 4) is 0 Å². The van der Waals surface area contributed by atoms with Gasteiger partial charge in [0.15, 0.2) is 0 Å². The summed E-state index contributed by atoms with van der Waals surface area (Å²) in [5.74, 6) is 0.725. The Morgan fingerprint density at radius 1 is 1.44 bits per heavy atom. The van der Waals surface area contributed by atoms with Crippen molar-refractivity contribution in [3.05, 3.63) is 0 Å². The van der Waals surface area contributed by atoms with Crippen molar-refractivity contribution in [2.45, 2.75) is 44.7 Å². The SMILES string of the molecule is CC(C)CN(C)C1(CN)CCN(C2CC2)C1. The van der Waals surface area contributed by atoms with E-state index in [0.717, 1.165) is 25.0 Å². The minimum atomic E-state index is 0.257. The minimum Gasteiger partial charge on any atom is -0.329 e. The number of hydrogen-bond acceptors (Lipinski definition) is 3. The maximum absolute atomic E-state index is 6.06. The van der Waals surface area contributed by atoms with Crippen LogP contribution in [0.25, 0.3) is 0 Å². The molecule has 2 N–H and O–H groups in total. The summed E-state index contributed by atoms with van der Waals surface area (Å²) < 4.78 is 0. The van der Waals surface area contributed by atoms with Crippen LogP contribution in [-0.4, -0.2) is 54.6 Å². The third-order valence-electron chi connectivity index (χ3n) is 4.25. The molecule has 0 amide bonds. The maximum Gasteiger partial charge on any atom is 0.0467 e. The predicted octanol–water partition coefficient (Wildman–Crippen LogP) is 1.14. The van der Waals surface area contributed by atoms with E-state index in [1.165, 1.54) is 32.4 Å². The monoisotopic (exact) mass is 225 g/mol. The molecule has 0 aromatic rings. The molecule has 1 atom stereocenters. The first kappa shape index (κ1) is 12.3. The molecule has 94 valence electrons. The van der Waals surface area contributed by atoms with Gasteiger partial charge in [-0.2, -0.15) is 0 Å². The minimum absolute atomic E-state index is 0.257. The van der Waals surface area contributed by atoms with Gasteiger partial charge in [0.2, 0.25) is 0 Å². The van der Waals surface area contributed by atoms with Gasteiger partial charge < -0.3 is 5.73 Å². The van der Waals surface area contributed by atoms with Crippen molar-refractivity contribution in [2.75, 3.05) is 33.2 Å². The standard InChI is InChI=1S/C13H27N3/c1-11(2)8-15(3)13(9-14)6-7-16(10-13)12-4-5-12/h11-12H,4-10,14H2,1-3H3. The topological polar surface area (TPSA) is 32.5 Å². The maximum atomic E-state index is 6.06. The lowest BCUT2D eigenvalue weighted by Gasteiger charge is -2.39. The lowest BCUT2D eigenvalue weighted by Crippen LogP contribution is -2.55. The highest BCUT2D eigenvalue weighted by Crippen LogP contribution is 2.35. The van der Waals surface area contributed by atoms with Crippen LogP contribution in [0.4, 0.5) is 0 Å². The highest BCUT2D eigenvalue weighted by Gasteiger charge is 2.44. The Balaban J connectivity index is 1.96. The van der Waals surface area contributed by atoms with E-state index in [1.807, 2.05) is 0 Å². The Hall–Kier alpha value is -0.120. The summed E-state index contributed by atoms with van der Waals surface area (Å²) in [6.07, 6.45) is 4.08. The van der Waals surface area contributed by atoms with Gasteiger partial charge in [-0.3, -0.25) is 9.80 Å². The van der Waals surface area contributed by atoms with Crippen LogP contribution < -0.4 is 5.73 Å². The number of likely N-dealkylation sites (N-methyl/N-ethyl adjacent to an activating group) is 1. The van der Waals surface area contributed by atoms with E-state index < -0.39 is 0 Å². The summed E-state index contributed by atoms with van der Waals surface area (Å²) in [6, 6.07) is 0.890. The van der Waals surface area contributed by atoms with Gasteiger partial charge in [0.25, 0.3) is 0 Å². The Morgan fingerprint density at radius 2 is 2.12 bits per heavy atom. The molecule has 3 heteroatoms. The molecule has 0 aromatic heterocycles. The molecule has 2 fully saturated rings. The van der Waals surface area contributed by atoms with Crippen LogP contribution in [0.1, 0.15) is 33.1 Å². The molecule has 1 saturated heterocycles. The first-order chi connectivity index (χ1) is 7.57. The predicted molar refractivity (Wildman–Crippen MR) is 68.5 cm³/mol. The lowest BCUT2D eigenvalue weighted by molar-refractivity contribution is 0.114. The fourth-order valence-corrected chi connectivity index (χ4v) is 3.01. The third kappa shape index (κ3) is 2.41. The number of likely N-dealkylation sites (tertiary alicyclic amines) is 1. The molecule has 0 radical (unpaired) electrons. The Kier molecular flexibility index (Phi) is 3.57. The molecule has 1 aliphatic heterocycles. The van der Waals surface area contributed by atoms with Crippen LogP contribution >= 0.6 is 0 Å². The molecule has 1 aliphatic carbocycles. The van der Waals surface area contributed by atoms with E-state index >= 15 is 0 Å². The van der Waals surface area contributed by atoms with Gasteiger partial charge in [0.05, 0.1) is 0 Å². The third-order valence-corrected chi connectivity index (χ3v) is 4.25. The summed E-state index contributed by atoms with van der Waals surface area (Å²) in [7, 11) is 2.25. The fourth-order valence-electron chi connectivity index (χ4n) is 3.01. The van der Waals surface area contributed by atoms with Gasteiger partial charge in [0.1, 0.15) is 0 Å². The van der Waals surface area contributed by atoms with E-state index in [4.69, 9.17) is 5.73 Å². The molecule has 2 aliphatic rings. The summed E-state index contributed by atoms with van der Waals surface area (Å²) in [5.41, 5.74) is 6.32. The molecule has 1 saturated carbocycles. The molecule has 0 aromatic carbocycles. The first-order valence-corrected chi connectivity index (χ1v) is 6.73. The number of nitrogens with zero attached hydrogens (tertiary/aromatic N) is 2. The molecule has 1 heterocycles. The van der Waals surface area contributed by atoms with Crippen molar-refractivity contribution in [3.63, 3.8) is 0 Å². The van der Waals surface area contributed by atoms with Crippen LogP contribution in [0.2, 0.25) is 0 Å². The normalized spacial score (nSPS) is 31.9. The van der Waals surface area contributed by atoms with Crippen molar-refractivity contribution in [2.24, 2.45) is 11.7 Å². The summed E-state index contributed by atoms with van der Waals surface area (Å²) >= 11 is 0. The largest absolute Gasteiger partial charge is 0.329 e. The molecule has 1 unspecified atom stereocenters. The molecular weight excluding hydrogens is 198 g/mol. The van der Waals surface area contributed by atoms with Crippen molar-refractivity contribution in [1.82, 2.24) is 9.80 Å². The van der Waals surface area contributed by atoms with Crippen molar-refractivity contribution in [1.29, 1.82) is 0 Å². The van der Waals surface area contributed by atoms with Crippen molar-refractivity contribution >= 4 is 0 Å². The molecule has 0 spiro atoms. The van der Waals surface area contributed by atoms with Gasteiger partial charge in [-0.25, -0.2) is 0 Å². The van der Waals surface area contributed by atoms with Gasteiger partial charge in [0, 0.05) is 37.8 Å². The van der Waals surface area contributed by atoms with Crippen LogP contribution in [-0.2, 0) is 0 Å². The van der Waals surface area contributed by atoms with Gasteiger partial charge in [-0.1, -0.05) is 13.8 Å². The Bertz CT molecular complexity index is 237. The molecule has 2 rings (SSSR count). The van der Waals surface area contributed by atoms with Crippen LogP contribution in [0.15, 0.2) is 0 Å². The van der Waals surface area contributed by atoms with Gasteiger partial charge >= 0.3 is 0 Å². The number of nitrogens with two attached hydrogens (primary N) is 1. The lowest BCUT2D eigenvalue weighted by atomic mass is 9.95. The van der Waals surface area contributed by atoms with Crippen LogP contribution in [0, 0.1) is 5.92 Å². The molecule has 3 nitrogen and oxygen atoms in total. The van der Waals surface area contributed by atoms with E-state index in [-0.39, 0.29) is 5.54 Å². The van der Waals surface area contributed by atoms with E-state index in [2.05, 4.69) is 30.7 Å². The van der Waals surface area contributed by atoms with Crippen molar-refractivity contribution < 1.29 is 0 Å². The van der Waals surface area contributed by atoms with Gasteiger partial charge in [-0.05, 0) is 32.2 Å². The van der Waals surface area contributed by atoms with Crippen LogP contribution in [0.3, 0.4) is 0 Å². The average Bonchev–Trinajstić information content (AvgIpc) is 2.97. The second-order valence-corrected chi connectivity index (χ2v) is 6.15. The van der Waals surface area contributed by atoms with E-state index in [0.29, 0.717) is 0 Å². The molecular formula is C13H27N3. The number of rotatable bonds is 5.